The highest BCUT2D eigenvalue weighted by Gasteiger charge is 2.38. The fourth-order valence-corrected chi connectivity index (χ4v) is 4.28. The van der Waals surface area contributed by atoms with Gasteiger partial charge in [-0.2, -0.15) is 18.3 Å². The number of aromatic nitrogens is 2. The molecular formula is C22H28Cl2F3N5O2. The zero-order valence-corrected chi connectivity index (χ0v) is 21.0. The van der Waals surface area contributed by atoms with Crippen molar-refractivity contribution in [1.82, 2.24) is 20.0 Å². The first-order chi connectivity index (χ1) is 15.9. The number of carbonyl (C=O) groups is 1. The monoisotopic (exact) mass is 521 g/mol. The molecule has 2 aromatic rings. The molecule has 0 aliphatic carbocycles. The lowest BCUT2D eigenvalue weighted by atomic mass is 10.1. The van der Waals surface area contributed by atoms with Gasteiger partial charge in [-0.3, -0.25) is 9.48 Å². The van der Waals surface area contributed by atoms with E-state index in [2.05, 4.69) is 29.2 Å². The number of rotatable bonds is 7. The number of methoxy groups -OCH3 is 1. The zero-order chi connectivity index (χ0) is 25.2. The number of benzene rings is 1. The molecule has 0 radical (unpaired) electrons. The quantitative estimate of drug-likeness (QED) is 0.586. The number of nitrogens with one attached hydrogen (secondary N) is 1. The van der Waals surface area contributed by atoms with E-state index in [4.69, 9.17) is 27.9 Å². The molecule has 0 bridgehead atoms. The van der Waals surface area contributed by atoms with Crippen LogP contribution >= 0.6 is 23.2 Å². The Kier molecular flexibility index (Phi) is 8.26. The summed E-state index contributed by atoms with van der Waals surface area (Å²) in [6, 6.07) is 4.07. The summed E-state index contributed by atoms with van der Waals surface area (Å²) < 4.78 is 45.6. The molecule has 1 saturated heterocycles. The Labute approximate surface area is 206 Å². The maximum absolute atomic E-state index is 13.1. The number of halogens is 5. The number of amides is 1. The second-order valence-corrected chi connectivity index (χ2v) is 9.21. The van der Waals surface area contributed by atoms with E-state index < -0.39 is 16.9 Å². The molecule has 1 amide bonds. The van der Waals surface area contributed by atoms with Gasteiger partial charge in [0.15, 0.2) is 5.69 Å². The van der Waals surface area contributed by atoms with E-state index in [-0.39, 0.29) is 18.1 Å². The number of nitrogens with zero attached hydrogens (tertiary/aromatic N) is 4. The molecule has 1 aromatic carbocycles. The third kappa shape index (κ3) is 5.90. The van der Waals surface area contributed by atoms with Crippen LogP contribution in [0.15, 0.2) is 12.1 Å². The van der Waals surface area contributed by atoms with Crippen LogP contribution in [0.4, 0.5) is 18.9 Å². The van der Waals surface area contributed by atoms with E-state index in [0.29, 0.717) is 49.5 Å². The van der Waals surface area contributed by atoms with Gasteiger partial charge in [-0.25, -0.2) is 0 Å². The van der Waals surface area contributed by atoms with E-state index in [1.807, 2.05) is 12.1 Å². The van der Waals surface area contributed by atoms with Crippen molar-refractivity contribution in [2.75, 3.05) is 38.2 Å². The number of hydrogen-bond donors (Lipinski definition) is 1. The topological polar surface area (TPSA) is 62.6 Å². The summed E-state index contributed by atoms with van der Waals surface area (Å²) in [6.07, 6.45) is -4.68. The molecule has 0 spiro atoms. The first-order valence-electron chi connectivity index (χ1n) is 10.8. The molecule has 7 nitrogen and oxygen atoms in total. The van der Waals surface area contributed by atoms with Crippen molar-refractivity contribution in [2.45, 2.75) is 46.1 Å². The minimum atomic E-state index is -4.68. The van der Waals surface area contributed by atoms with Crippen LogP contribution in [-0.4, -0.2) is 59.9 Å². The molecule has 1 aromatic heterocycles. The van der Waals surface area contributed by atoms with Crippen molar-refractivity contribution in [3.8, 4) is 5.75 Å². The summed E-state index contributed by atoms with van der Waals surface area (Å²) in [5.74, 6) is 0.251. The standard InChI is InChI=1S/C22H28Cl2F3N5O2/c1-13(2)28-11-15-9-16(23)18(34-4)10-17(15)30-5-7-31(8-6-30)19(33)12-32-14(3)20(24)21(29-32)22(25,26)27/h9-10,13,28H,5-8,11-12H2,1-4H3. The lowest BCUT2D eigenvalue weighted by Gasteiger charge is -2.37. The molecule has 34 heavy (non-hydrogen) atoms. The molecule has 0 atom stereocenters. The first-order valence-corrected chi connectivity index (χ1v) is 11.6. The summed E-state index contributed by atoms with van der Waals surface area (Å²) >= 11 is 12.1. The number of ether oxygens (including phenoxy) is 1. The third-order valence-corrected chi connectivity index (χ3v) is 6.46. The highest BCUT2D eigenvalue weighted by atomic mass is 35.5. The van der Waals surface area contributed by atoms with Crippen molar-refractivity contribution in [3.63, 3.8) is 0 Å². The molecule has 12 heteroatoms. The van der Waals surface area contributed by atoms with Gasteiger partial charge < -0.3 is 19.9 Å². The van der Waals surface area contributed by atoms with Gasteiger partial charge in [-0.05, 0) is 18.6 Å². The van der Waals surface area contributed by atoms with E-state index in [0.717, 1.165) is 15.9 Å². The molecule has 1 aliphatic rings. The molecule has 1 aliphatic heterocycles. The Morgan fingerprint density at radius 2 is 1.85 bits per heavy atom. The van der Waals surface area contributed by atoms with E-state index in [1.165, 1.54) is 6.92 Å². The second-order valence-electron chi connectivity index (χ2n) is 8.42. The van der Waals surface area contributed by atoms with Gasteiger partial charge >= 0.3 is 6.18 Å². The summed E-state index contributed by atoms with van der Waals surface area (Å²) in [5, 5.41) is 6.95. The Bertz CT molecular complexity index is 1030. The smallest absolute Gasteiger partial charge is 0.436 e. The lowest BCUT2D eigenvalue weighted by molar-refractivity contribution is -0.142. The molecule has 0 unspecified atom stereocenters. The predicted octanol–water partition coefficient (Wildman–Crippen LogP) is 4.37. The van der Waals surface area contributed by atoms with Gasteiger partial charge in [-0.1, -0.05) is 37.0 Å². The Morgan fingerprint density at radius 1 is 1.21 bits per heavy atom. The minimum absolute atomic E-state index is 0.108. The van der Waals surface area contributed by atoms with Gasteiger partial charge in [0, 0.05) is 50.5 Å². The van der Waals surface area contributed by atoms with Gasteiger partial charge in [0.1, 0.15) is 12.3 Å². The van der Waals surface area contributed by atoms with Crippen molar-refractivity contribution in [3.05, 3.63) is 39.1 Å². The van der Waals surface area contributed by atoms with Crippen LogP contribution in [-0.2, 0) is 24.1 Å². The van der Waals surface area contributed by atoms with Crippen molar-refractivity contribution < 1.29 is 22.7 Å². The van der Waals surface area contributed by atoms with Crippen molar-refractivity contribution in [1.29, 1.82) is 0 Å². The van der Waals surface area contributed by atoms with Crippen LogP contribution in [0.5, 0.6) is 5.75 Å². The molecule has 2 heterocycles. The highest BCUT2D eigenvalue weighted by molar-refractivity contribution is 6.32. The molecule has 0 saturated carbocycles. The van der Waals surface area contributed by atoms with Crippen molar-refractivity contribution in [2.24, 2.45) is 0 Å². The fraction of sp³-hybridized carbons (Fsp3) is 0.545. The number of carbonyl (C=O) groups excluding carboxylic acids is 1. The van der Waals surface area contributed by atoms with Gasteiger partial charge in [0.2, 0.25) is 5.91 Å². The van der Waals surface area contributed by atoms with Gasteiger partial charge in [0.05, 0.1) is 22.8 Å². The highest BCUT2D eigenvalue weighted by Crippen LogP contribution is 2.36. The zero-order valence-electron chi connectivity index (χ0n) is 19.5. The maximum atomic E-state index is 13.1. The fourth-order valence-electron chi connectivity index (χ4n) is 3.77. The average Bonchev–Trinajstić information content (AvgIpc) is 3.06. The Morgan fingerprint density at radius 3 is 2.38 bits per heavy atom. The van der Waals surface area contributed by atoms with E-state index in [1.54, 1.807) is 12.0 Å². The second kappa shape index (κ2) is 10.6. The van der Waals surface area contributed by atoms with Crippen LogP contribution in [0.25, 0.3) is 0 Å². The molecule has 188 valence electrons. The molecule has 1 fully saturated rings. The largest absolute Gasteiger partial charge is 0.495 e. The van der Waals surface area contributed by atoms with Crippen LogP contribution in [0.3, 0.4) is 0 Å². The van der Waals surface area contributed by atoms with E-state index >= 15 is 0 Å². The van der Waals surface area contributed by atoms with Gasteiger partial charge in [0.25, 0.3) is 0 Å². The first kappa shape index (κ1) is 26.4. The summed E-state index contributed by atoms with van der Waals surface area (Å²) in [5.41, 5.74) is 0.909. The Balaban J connectivity index is 1.70. The lowest BCUT2D eigenvalue weighted by Crippen LogP contribution is -2.50. The van der Waals surface area contributed by atoms with Crippen LogP contribution in [0.2, 0.25) is 10.0 Å². The molecule has 1 N–H and O–H groups in total. The minimum Gasteiger partial charge on any atom is -0.495 e. The van der Waals surface area contributed by atoms with Crippen molar-refractivity contribution >= 4 is 34.8 Å². The Hall–Kier alpha value is -2.17. The summed E-state index contributed by atoms with van der Waals surface area (Å²) in [6.45, 7) is 7.79. The molecular weight excluding hydrogens is 494 g/mol. The predicted molar refractivity (Wildman–Crippen MR) is 126 cm³/mol. The van der Waals surface area contributed by atoms with E-state index in [9.17, 15) is 18.0 Å². The maximum Gasteiger partial charge on any atom is 0.436 e. The third-order valence-electron chi connectivity index (χ3n) is 5.71. The molecule has 3 rings (SSSR count). The SMILES string of the molecule is COc1cc(N2CCN(C(=O)Cn3nc(C(F)(F)F)c(Cl)c3C)CC2)c(CNC(C)C)cc1Cl. The normalized spacial score (nSPS) is 14.8. The van der Waals surface area contributed by atoms with Crippen LogP contribution in [0.1, 0.15) is 30.8 Å². The van der Waals surface area contributed by atoms with Crippen LogP contribution in [0, 0.1) is 6.92 Å². The number of hydrogen-bond acceptors (Lipinski definition) is 5. The average molecular weight is 522 g/mol. The summed E-state index contributed by atoms with van der Waals surface area (Å²) in [4.78, 5) is 16.6. The van der Waals surface area contributed by atoms with Gasteiger partial charge in [-0.15, -0.1) is 0 Å². The van der Waals surface area contributed by atoms with Crippen LogP contribution < -0.4 is 15.0 Å². The number of anilines is 1. The summed E-state index contributed by atoms with van der Waals surface area (Å²) in [7, 11) is 1.56. The number of alkyl halides is 3. The number of piperazine rings is 1.